The molecule has 2 aromatic carbocycles. The summed E-state index contributed by atoms with van der Waals surface area (Å²) >= 11 is 0. The summed E-state index contributed by atoms with van der Waals surface area (Å²) < 4.78 is 13.0. The van der Waals surface area contributed by atoms with E-state index in [4.69, 9.17) is 9.47 Å². The summed E-state index contributed by atoms with van der Waals surface area (Å²) in [7, 11) is 2.94. The van der Waals surface area contributed by atoms with Crippen LogP contribution in [0.1, 0.15) is 51.5 Å². The first-order chi connectivity index (χ1) is 19.9. The van der Waals surface area contributed by atoms with Crippen molar-refractivity contribution in [3.8, 4) is 22.5 Å². The normalized spacial score (nSPS) is 17.2. The largest absolute Gasteiger partial charge is 0.480 e. The van der Waals surface area contributed by atoms with E-state index in [1.165, 1.54) is 19.1 Å². The smallest absolute Gasteiger partial charge is 0.326 e. The lowest BCUT2D eigenvalue weighted by Crippen LogP contribution is -2.45. The van der Waals surface area contributed by atoms with E-state index in [1.54, 1.807) is 6.33 Å². The van der Waals surface area contributed by atoms with Crippen LogP contribution >= 0.6 is 0 Å². The molecule has 12 heteroatoms. The molecule has 0 saturated carbocycles. The van der Waals surface area contributed by atoms with Crippen molar-refractivity contribution in [1.82, 2.24) is 35.1 Å². The van der Waals surface area contributed by atoms with Crippen LogP contribution in [0, 0.1) is 0 Å². The Bertz CT molecular complexity index is 1500. The molecule has 0 spiro atoms. The zero-order valence-corrected chi connectivity index (χ0v) is 23.5. The van der Waals surface area contributed by atoms with Crippen molar-refractivity contribution in [2.24, 2.45) is 0 Å². The molecule has 2 N–H and O–H groups in total. The number of amides is 1. The first-order valence-electron chi connectivity index (χ1n) is 13.8. The average molecular weight is 562 g/mol. The van der Waals surface area contributed by atoms with E-state index >= 15 is 0 Å². The molecule has 1 aliphatic rings. The van der Waals surface area contributed by atoms with Crippen LogP contribution in [-0.2, 0) is 19.1 Å². The van der Waals surface area contributed by atoms with Crippen molar-refractivity contribution in [3.63, 3.8) is 0 Å². The van der Waals surface area contributed by atoms with Crippen molar-refractivity contribution in [2.75, 3.05) is 20.8 Å². The molecule has 0 bridgehead atoms. The number of nitrogens with zero attached hydrogens (tertiary/aromatic N) is 6. The Hall–Kier alpha value is -4.16. The predicted molar refractivity (Wildman–Crippen MR) is 151 cm³/mol. The van der Waals surface area contributed by atoms with Crippen LogP contribution in [0.2, 0.25) is 0 Å². The third kappa shape index (κ3) is 5.57. The van der Waals surface area contributed by atoms with E-state index in [1.807, 2.05) is 47.0 Å². The lowest BCUT2D eigenvalue weighted by atomic mass is 9.98. The molecule has 4 aromatic rings. The van der Waals surface area contributed by atoms with Gasteiger partial charge in [0.15, 0.2) is 5.79 Å². The van der Waals surface area contributed by atoms with E-state index in [0.717, 1.165) is 53.4 Å². The predicted octanol–water partition coefficient (Wildman–Crippen LogP) is 4.07. The minimum absolute atomic E-state index is 0.0326. The zero-order valence-electron chi connectivity index (χ0n) is 23.5. The minimum atomic E-state index is -1.16. The van der Waals surface area contributed by atoms with Gasteiger partial charge in [0.2, 0.25) is 11.7 Å². The Kier molecular flexibility index (Phi) is 8.41. The third-order valence-corrected chi connectivity index (χ3v) is 7.96. The number of hydrogen-bond acceptors (Lipinski definition) is 8. The highest BCUT2D eigenvalue weighted by atomic mass is 16.7. The number of hydrogen-bond donors (Lipinski definition) is 2. The van der Waals surface area contributed by atoms with Gasteiger partial charge in [-0.05, 0) is 34.9 Å². The van der Waals surface area contributed by atoms with Crippen molar-refractivity contribution < 1.29 is 24.2 Å². The number of aliphatic carboxylic acids is 1. The number of unbranched alkanes of at least 4 members (excludes halogenated alkanes) is 3. The second kappa shape index (κ2) is 12.1. The number of methoxy groups -OCH3 is 2. The molecule has 1 fully saturated rings. The molecule has 3 heterocycles. The third-order valence-electron chi connectivity index (χ3n) is 7.96. The number of H-pyrrole nitrogens is 1. The van der Waals surface area contributed by atoms with Gasteiger partial charge in [-0.2, -0.15) is 5.21 Å². The quantitative estimate of drug-likeness (QED) is 0.193. The molecule has 0 radical (unpaired) electrons. The van der Waals surface area contributed by atoms with Gasteiger partial charge >= 0.3 is 5.97 Å². The molecule has 2 atom stereocenters. The monoisotopic (exact) mass is 561 g/mol. The summed E-state index contributed by atoms with van der Waals surface area (Å²) in [6, 6.07) is 12.0. The number of carbonyl (C=O) groups is 2. The number of aromatic nitrogens is 6. The molecule has 0 aliphatic carbocycles. The zero-order chi connectivity index (χ0) is 29.0. The van der Waals surface area contributed by atoms with Gasteiger partial charge in [0.25, 0.3) is 0 Å². The number of ether oxygens (including phenoxy) is 2. The second-order valence-electron chi connectivity index (χ2n) is 10.3. The number of rotatable bonds is 12. The van der Waals surface area contributed by atoms with Crippen molar-refractivity contribution in [2.45, 2.75) is 63.3 Å². The van der Waals surface area contributed by atoms with Gasteiger partial charge in [-0.15, -0.1) is 10.2 Å². The van der Waals surface area contributed by atoms with Gasteiger partial charge in [0.05, 0.1) is 23.9 Å². The maximum atomic E-state index is 14.1. The molecule has 1 unspecified atom stereocenters. The standard InChI is InChI=1S/C29H35N7O5/c1-4-5-6-7-12-24(27(37)35-17-29(40-2,41-3)16-25(35)28(38)39)36-18-30-22-15-19(13-14-23(22)36)20-10-8-9-11-21(20)26-31-33-34-32-26/h8-11,13-15,18,24-25H,4-7,12,16-17H2,1-3H3,(H,38,39)(H,31,32,33,34)/t24?,25-/m0/s1. The fraction of sp³-hybridized carbons (Fsp3) is 0.448. The van der Waals surface area contributed by atoms with Crippen molar-refractivity contribution in [3.05, 3.63) is 48.8 Å². The van der Waals surface area contributed by atoms with Crippen LogP contribution in [0.5, 0.6) is 0 Å². The molecular formula is C29H35N7O5. The summed E-state index contributed by atoms with van der Waals surface area (Å²) in [5, 5.41) is 24.4. The van der Waals surface area contributed by atoms with Crippen molar-refractivity contribution >= 4 is 22.9 Å². The number of aromatic amines is 1. The van der Waals surface area contributed by atoms with E-state index in [-0.39, 0.29) is 18.9 Å². The fourth-order valence-corrected chi connectivity index (χ4v) is 5.66. The Labute approximate surface area is 237 Å². The Morgan fingerprint density at radius 3 is 2.59 bits per heavy atom. The highest BCUT2D eigenvalue weighted by Gasteiger charge is 2.51. The van der Waals surface area contributed by atoms with Crippen LogP contribution in [0.25, 0.3) is 33.5 Å². The highest BCUT2D eigenvalue weighted by molar-refractivity contribution is 5.90. The Morgan fingerprint density at radius 1 is 1.12 bits per heavy atom. The van der Waals surface area contributed by atoms with Gasteiger partial charge in [0.1, 0.15) is 12.1 Å². The number of carboxylic acids is 1. The van der Waals surface area contributed by atoms with E-state index < -0.39 is 23.8 Å². The van der Waals surface area contributed by atoms with Gasteiger partial charge < -0.3 is 24.0 Å². The summed E-state index contributed by atoms with van der Waals surface area (Å²) in [4.78, 5) is 32.4. The first-order valence-corrected chi connectivity index (χ1v) is 13.8. The summed E-state index contributed by atoms with van der Waals surface area (Å²) in [6.45, 7) is 2.17. The first kappa shape index (κ1) is 28.4. The molecule has 1 aliphatic heterocycles. The topological polar surface area (TPSA) is 148 Å². The number of carbonyl (C=O) groups excluding carboxylic acids is 1. The number of carboxylic acid groups (broad SMARTS) is 1. The molecular weight excluding hydrogens is 526 g/mol. The van der Waals surface area contributed by atoms with Crippen LogP contribution < -0.4 is 0 Å². The van der Waals surface area contributed by atoms with Crippen LogP contribution in [0.3, 0.4) is 0 Å². The maximum Gasteiger partial charge on any atom is 0.326 e. The second-order valence-corrected chi connectivity index (χ2v) is 10.3. The maximum absolute atomic E-state index is 14.1. The molecule has 2 aromatic heterocycles. The summed E-state index contributed by atoms with van der Waals surface area (Å²) in [5.74, 6) is -2.04. The fourth-order valence-electron chi connectivity index (χ4n) is 5.66. The highest BCUT2D eigenvalue weighted by Crippen LogP contribution is 2.36. The molecule has 1 saturated heterocycles. The average Bonchev–Trinajstić information content (AvgIpc) is 3.76. The number of tetrazole rings is 1. The number of fused-ring (bicyclic) bond motifs is 1. The van der Waals surface area contributed by atoms with E-state index in [9.17, 15) is 14.7 Å². The van der Waals surface area contributed by atoms with E-state index in [0.29, 0.717) is 12.2 Å². The van der Waals surface area contributed by atoms with Crippen LogP contribution in [0.15, 0.2) is 48.8 Å². The Morgan fingerprint density at radius 2 is 1.90 bits per heavy atom. The number of likely N-dealkylation sites (tertiary alicyclic amines) is 1. The summed E-state index contributed by atoms with van der Waals surface area (Å²) in [5.41, 5.74) is 4.18. The lowest BCUT2D eigenvalue weighted by Gasteiger charge is -2.29. The van der Waals surface area contributed by atoms with Crippen molar-refractivity contribution in [1.29, 1.82) is 0 Å². The minimum Gasteiger partial charge on any atom is -0.480 e. The number of nitrogens with one attached hydrogen (secondary N) is 1. The Balaban J connectivity index is 1.51. The molecule has 1 amide bonds. The van der Waals surface area contributed by atoms with E-state index in [2.05, 4.69) is 32.5 Å². The summed E-state index contributed by atoms with van der Waals surface area (Å²) in [6.07, 6.45) is 6.22. The molecule has 216 valence electrons. The van der Waals surface area contributed by atoms with Gasteiger partial charge in [-0.3, -0.25) is 4.79 Å². The molecule has 12 nitrogen and oxygen atoms in total. The van der Waals surface area contributed by atoms with Gasteiger partial charge in [-0.1, -0.05) is 62.9 Å². The van der Waals surface area contributed by atoms with Gasteiger partial charge in [0, 0.05) is 26.2 Å². The molecule has 5 rings (SSSR count). The van der Waals surface area contributed by atoms with Crippen LogP contribution in [0.4, 0.5) is 0 Å². The number of benzene rings is 2. The number of imidazole rings is 1. The lowest BCUT2D eigenvalue weighted by molar-refractivity contribution is -0.197. The van der Waals surface area contributed by atoms with Gasteiger partial charge in [-0.25, -0.2) is 9.78 Å². The van der Waals surface area contributed by atoms with Crippen LogP contribution in [-0.4, -0.2) is 84.7 Å². The SMILES string of the molecule is CCCCCCC(C(=O)N1CC(OC)(OC)C[C@H]1C(=O)O)n1cnc2cc(-c3ccccc3-c3nn[nH]n3)ccc21. The molecule has 41 heavy (non-hydrogen) atoms.